The zero-order chi connectivity index (χ0) is 35.6. The largest absolute Gasteiger partial charge is 0.598 e. The van der Waals surface area contributed by atoms with Crippen LogP contribution in [0.15, 0.2) is 48.8 Å². The summed E-state index contributed by atoms with van der Waals surface area (Å²) in [6.45, 7) is 16.3. The molecule has 2 atom stereocenters. The normalized spacial score (nSPS) is 13.8. The SMILES string of the molecule is CC[Si](CC)(CC)OC(C)(C)c1ccnc(-c2cccc3cc(C(N[S@@+]([O-])C(C)(C)C)c4nc(N(C(=O)O)C(=O)O)ncc4Cl)sc23)c1. The summed E-state index contributed by atoms with van der Waals surface area (Å²) in [6, 6.07) is 14.1. The number of amides is 2. The third-order valence-corrected chi connectivity index (χ3v) is 16.3. The molecule has 3 N–H and O–H groups in total. The summed E-state index contributed by atoms with van der Waals surface area (Å²) in [4.78, 5) is 37.0. The number of fused-ring (bicyclic) bond motifs is 1. The first-order chi connectivity index (χ1) is 22.5. The third kappa shape index (κ3) is 8.02. The van der Waals surface area contributed by atoms with Gasteiger partial charge in [0.2, 0.25) is 5.95 Å². The molecule has 0 saturated heterocycles. The maximum atomic E-state index is 13.5. The number of halogens is 1. The molecule has 3 aromatic heterocycles. The van der Waals surface area contributed by atoms with Gasteiger partial charge < -0.3 is 19.2 Å². The molecule has 48 heavy (non-hydrogen) atoms. The summed E-state index contributed by atoms with van der Waals surface area (Å²) in [5, 5.41) is 20.0. The first-order valence-electron chi connectivity index (χ1n) is 15.6. The first kappa shape index (κ1) is 37.7. The van der Waals surface area contributed by atoms with Crippen LogP contribution in [0.1, 0.15) is 77.6 Å². The number of rotatable bonds is 12. The lowest BCUT2D eigenvalue weighted by Gasteiger charge is -2.38. The predicted octanol–water partition coefficient (Wildman–Crippen LogP) is 8.97. The van der Waals surface area contributed by atoms with Crippen molar-refractivity contribution in [2.24, 2.45) is 0 Å². The number of hydrogen-bond donors (Lipinski definition) is 3. The lowest BCUT2D eigenvalue weighted by Crippen LogP contribution is -2.43. The van der Waals surface area contributed by atoms with Gasteiger partial charge in [0.1, 0.15) is 10.8 Å². The Balaban J connectivity index is 1.85. The van der Waals surface area contributed by atoms with Crippen molar-refractivity contribution in [1.29, 1.82) is 0 Å². The minimum Gasteiger partial charge on any atom is -0.598 e. The summed E-state index contributed by atoms with van der Waals surface area (Å²) in [7, 11) is -1.91. The smallest absolute Gasteiger partial charge is 0.424 e. The highest BCUT2D eigenvalue weighted by Gasteiger charge is 2.37. The zero-order valence-electron chi connectivity index (χ0n) is 28.3. The molecule has 11 nitrogen and oxygen atoms in total. The number of hydrogen-bond acceptors (Lipinski definition) is 9. The summed E-state index contributed by atoms with van der Waals surface area (Å²) < 4.78 is 23.7. The van der Waals surface area contributed by atoms with Gasteiger partial charge in [-0.2, -0.15) is 0 Å². The van der Waals surface area contributed by atoms with Crippen molar-refractivity contribution in [3.05, 3.63) is 69.9 Å². The van der Waals surface area contributed by atoms with Crippen LogP contribution in [0.5, 0.6) is 0 Å². The van der Waals surface area contributed by atoms with E-state index < -0.39 is 54.2 Å². The number of thiophene rings is 1. The highest BCUT2D eigenvalue weighted by atomic mass is 35.5. The van der Waals surface area contributed by atoms with Crippen molar-refractivity contribution in [1.82, 2.24) is 19.7 Å². The Hall–Kier alpha value is -3.11. The number of carboxylic acid groups (broad SMARTS) is 2. The molecule has 0 aliphatic heterocycles. The lowest BCUT2D eigenvalue weighted by atomic mass is 9.97. The molecule has 4 rings (SSSR count). The van der Waals surface area contributed by atoms with Gasteiger partial charge in [-0.3, -0.25) is 4.98 Å². The van der Waals surface area contributed by atoms with E-state index in [2.05, 4.69) is 55.4 Å². The monoisotopic (exact) mass is 731 g/mol. The van der Waals surface area contributed by atoms with E-state index in [0.29, 0.717) is 4.88 Å². The van der Waals surface area contributed by atoms with Crippen molar-refractivity contribution < 1.29 is 28.8 Å². The van der Waals surface area contributed by atoms with Crippen molar-refractivity contribution in [3.63, 3.8) is 0 Å². The summed E-state index contributed by atoms with van der Waals surface area (Å²) in [5.41, 5.74) is 2.24. The summed E-state index contributed by atoms with van der Waals surface area (Å²) in [5.74, 6) is -0.600. The van der Waals surface area contributed by atoms with E-state index in [1.165, 1.54) is 11.3 Å². The fraction of sp³-hybridized carbons (Fsp3) is 0.424. The van der Waals surface area contributed by atoms with Crippen LogP contribution in [-0.4, -0.2) is 55.0 Å². The van der Waals surface area contributed by atoms with Gasteiger partial charge in [0.05, 0.1) is 28.2 Å². The number of aromatic nitrogens is 3. The number of nitrogens with one attached hydrogen (secondary N) is 1. The highest BCUT2D eigenvalue weighted by Crippen LogP contribution is 2.41. The Kier molecular flexibility index (Phi) is 11.6. The van der Waals surface area contributed by atoms with Gasteiger partial charge in [-0.1, -0.05) is 50.6 Å². The summed E-state index contributed by atoms with van der Waals surface area (Å²) in [6.07, 6.45) is -0.620. The molecule has 0 aliphatic rings. The number of pyridine rings is 1. The maximum absolute atomic E-state index is 13.5. The molecular formula is C33H42ClN5O6S2Si. The Labute approximate surface area is 294 Å². The maximum Gasteiger partial charge on any atom is 0.424 e. The Morgan fingerprint density at radius 2 is 1.71 bits per heavy atom. The quantitative estimate of drug-likeness (QED) is 0.0947. The van der Waals surface area contributed by atoms with Gasteiger partial charge in [-0.25, -0.2) is 19.6 Å². The van der Waals surface area contributed by atoms with E-state index in [1.807, 2.05) is 30.3 Å². The Morgan fingerprint density at radius 1 is 1.06 bits per heavy atom. The molecular weight excluding hydrogens is 690 g/mol. The Morgan fingerprint density at radius 3 is 2.29 bits per heavy atom. The molecule has 0 spiro atoms. The second-order valence-electron chi connectivity index (χ2n) is 12.9. The van der Waals surface area contributed by atoms with Crippen LogP contribution >= 0.6 is 22.9 Å². The topological polar surface area (TPSA) is 161 Å². The van der Waals surface area contributed by atoms with Crippen LogP contribution < -0.4 is 9.62 Å². The third-order valence-electron chi connectivity index (χ3n) is 8.38. The minimum absolute atomic E-state index is 0.00143. The van der Waals surface area contributed by atoms with Crippen LogP contribution in [0.4, 0.5) is 15.5 Å². The van der Waals surface area contributed by atoms with Crippen molar-refractivity contribution >= 4 is 70.8 Å². The van der Waals surface area contributed by atoms with Gasteiger partial charge in [-0.05, 0) is 81.9 Å². The van der Waals surface area contributed by atoms with Crippen LogP contribution in [0, 0.1) is 0 Å². The Bertz CT molecular complexity index is 1770. The van der Waals surface area contributed by atoms with E-state index in [1.54, 1.807) is 27.0 Å². The second-order valence-corrected chi connectivity index (χ2v) is 21.1. The minimum atomic E-state index is -1.91. The van der Waals surface area contributed by atoms with E-state index in [-0.39, 0.29) is 15.6 Å². The van der Waals surface area contributed by atoms with Gasteiger partial charge in [-0.15, -0.1) is 21.0 Å². The molecule has 15 heteroatoms. The number of benzene rings is 1. The first-order valence-corrected chi connectivity index (χ1v) is 20.5. The highest BCUT2D eigenvalue weighted by molar-refractivity contribution is 7.90. The van der Waals surface area contributed by atoms with E-state index in [9.17, 15) is 24.4 Å². The van der Waals surface area contributed by atoms with Crippen LogP contribution in [0.3, 0.4) is 0 Å². The standard InChI is InChI=1S/C33H42ClN5O6S2Si/c1-9-48(10-2,11-3)45-33(7,8)21-15-16-35-24(18-21)22-14-12-13-20-17-25(46-28(20)22)27(38-47(44)32(4,5)6)26-23(34)19-36-29(37-26)39(30(40)41)31(42)43/h12-19,27,38H,9-11H2,1-8H3,(H,40,41)(H,42,43)/t27?,47-/m0/s1. The van der Waals surface area contributed by atoms with Gasteiger partial charge in [0.15, 0.2) is 8.32 Å². The molecule has 2 amide bonds. The van der Waals surface area contributed by atoms with Crippen molar-refractivity contribution in [3.8, 4) is 11.3 Å². The molecule has 4 aromatic rings. The number of carbonyl (C=O) groups is 2. The molecule has 1 unspecified atom stereocenters. The predicted molar refractivity (Wildman–Crippen MR) is 195 cm³/mol. The summed E-state index contributed by atoms with van der Waals surface area (Å²) >= 11 is 6.36. The van der Waals surface area contributed by atoms with Crippen LogP contribution in [0.25, 0.3) is 21.3 Å². The van der Waals surface area contributed by atoms with Gasteiger partial charge in [0, 0.05) is 32.7 Å². The molecule has 0 fully saturated rings. The van der Waals surface area contributed by atoms with Crippen molar-refractivity contribution in [2.45, 2.75) is 89.9 Å². The molecule has 0 aliphatic carbocycles. The average Bonchev–Trinajstić information content (AvgIpc) is 3.47. The van der Waals surface area contributed by atoms with E-state index >= 15 is 0 Å². The van der Waals surface area contributed by atoms with Gasteiger partial charge >= 0.3 is 12.2 Å². The fourth-order valence-electron chi connectivity index (χ4n) is 5.41. The zero-order valence-corrected chi connectivity index (χ0v) is 31.7. The van der Waals surface area contributed by atoms with Gasteiger partial charge in [0.25, 0.3) is 0 Å². The molecule has 3 heterocycles. The van der Waals surface area contributed by atoms with Crippen LogP contribution in [0.2, 0.25) is 23.2 Å². The number of anilines is 1. The molecule has 0 bridgehead atoms. The molecule has 258 valence electrons. The molecule has 0 saturated carbocycles. The molecule has 0 radical (unpaired) electrons. The number of nitrogens with zero attached hydrogens (tertiary/aromatic N) is 4. The number of imide groups is 1. The lowest BCUT2D eigenvalue weighted by molar-refractivity contribution is 0.0940. The average molecular weight is 732 g/mol. The second kappa shape index (κ2) is 14.8. The van der Waals surface area contributed by atoms with Crippen molar-refractivity contribution in [2.75, 3.05) is 4.90 Å². The fourth-order valence-corrected chi connectivity index (χ4v) is 10.9. The van der Waals surface area contributed by atoms with E-state index in [0.717, 1.165) is 51.2 Å². The van der Waals surface area contributed by atoms with E-state index in [4.69, 9.17) is 21.0 Å². The molecule has 1 aromatic carbocycles. The van der Waals surface area contributed by atoms with Crippen LogP contribution in [-0.2, 0) is 21.4 Å².